The molecule has 0 radical (unpaired) electrons. The van der Waals surface area contributed by atoms with Crippen LogP contribution in [-0.4, -0.2) is 48.4 Å². The van der Waals surface area contributed by atoms with E-state index in [2.05, 4.69) is 52.0 Å². The molecule has 1 aromatic carbocycles. The SMILES string of the molecule is CC(c1ccc(Br)cc1)N1CCN(C(=O)CCN)CC1. The molecule has 1 amide bonds. The lowest BCUT2D eigenvalue weighted by molar-refractivity contribution is -0.133. The van der Waals surface area contributed by atoms with Crippen LogP contribution in [0.25, 0.3) is 0 Å². The monoisotopic (exact) mass is 339 g/mol. The Labute approximate surface area is 129 Å². The minimum Gasteiger partial charge on any atom is -0.340 e. The van der Waals surface area contributed by atoms with Crippen LogP contribution in [0.15, 0.2) is 28.7 Å². The molecule has 0 aliphatic carbocycles. The quantitative estimate of drug-likeness (QED) is 0.912. The maximum absolute atomic E-state index is 11.8. The molecule has 0 saturated carbocycles. The van der Waals surface area contributed by atoms with Gasteiger partial charge in [0.25, 0.3) is 0 Å². The average Bonchev–Trinajstić information content (AvgIpc) is 2.48. The molecule has 1 saturated heterocycles. The minimum atomic E-state index is 0.184. The van der Waals surface area contributed by atoms with E-state index in [9.17, 15) is 4.79 Å². The molecule has 20 heavy (non-hydrogen) atoms. The summed E-state index contributed by atoms with van der Waals surface area (Å²) < 4.78 is 1.10. The van der Waals surface area contributed by atoms with E-state index in [-0.39, 0.29) is 5.91 Å². The fraction of sp³-hybridized carbons (Fsp3) is 0.533. The number of rotatable bonds is 4. The first-order chi connectivity index (χ1) is 9.61. The second-order valence-electron chi connectivity index (χ2n) is 5.18. The molecule has 0 bridgehead atoms. The molecule has 2 N–H and O–H groups in total. The third-order valence-corrected chi connectivity index (χ3v) is 4.45. The molecule has 1 atom stereocenters. The van der Waals surface area contributed by atoms with Crippen LogP contribution in [0, 0.1) is 0 Å². The lowest BCUT2D eigenvalue weighted by atomic mass is 10.1. The van der Waals surface area contributed by atoms with Gasteiger partial charge in [0.1, 0.15) is 0 Å². The largest absolute Gasteiger partial charge is 0.340 e. The van der Waals surface area contributed by atoms with Crippen LogP contribution in [0.2, 0.25) is 0 Å². The zero-order valence-corrected chi connectivity index (χ0v) is 13.5. The molecule has 1 aliphatic rings. The van der Waals surface area contributed by atoms with Crippen molar-refractivity contribution in [3.05, 3.63) is 34.3 Å². The van der Waals surface area contributed by atoms with Gasteiger partial charge in [0.05, 0.1) is 0 Å². The molecule has 4 nitrogen and oxygen atoms in total. The Kier molecular flexibility index (Phi) is 5.57. The lowest BCUT2D eigenvalue weighted by Gasteiger charge is -2.38. The van der Waals surface area contributed by atoms with Crippen LogP contribution in [-0.2, 0) is 4.79 Å². The number of hydrogen-bond donors (Lipinski definition) is 1. The predicted octanol–water partition coefficient (Wildman–Crippen LogP) is 2.00. The summed E-state index contributed by atoms with van der Waals surface area (Å²) in [6.45, 7) is 6.12. The van der Waals surface area contributed by atoms with E-state index in [0.29, 0.717) is 19.0 Å². The Bertz CT molecular complexity index is 441. The minimum absolute atomic E-state index is 0.184. The average molecular weight is 340 g/mol. The van der Waals surface area contributed by atoms with E-state index < -0.39 is 0 Å². The second-order valence-corrected chi connectivity index (χ2v) is 6.10. The Morgan fingerprint density at radius 1 is 1.25 bits per heavy atom. The Hall–Kier alpha value is -0.910. The van der Waals surface area contributed by atoms with Crippen LogP contribution in [0.5, 0.6) is 0 Å². The summed E-state index contributed by atoms with van der Waals surface area (Å²) in [4.78, 5) is 16.2. The summed E-state index contributed by atoms with van der Waals surface area (Å²) in [6.07, 6.45) is 0.461. The number of piperazine rings is 1. The smallest absolute Gasteiger partial charge is 0.223 e. The first-order valence-electron chi connectivity index (χ1n) is 7.09. The Balaban J connectivity index is 1.90. The van der Waals surface area contributed by atoms with Crippen LogP contribution in [0.4, 0.5) is 0 Å². The lowest BCUT2D eigenvalue weighted by Crippen LogP contribution is -2.49. The van der Waals surface area contributed by atoms with Gasteiger partial charge in [0.2, 0.25) is 5.91 Å². The van der Waals surface area contributed by atoms with E-state index in [1.165, 1.54) is 5.56 Å². The van der Waals surface area contributed by atoms with Crippen molar-refractivity contribution in [3.63, 3.8) is 0 Å². The van der Waals surface area contributed by atoms with E-state index in [1.54, 1.807) is 0 Å². The number of halogens is 1. The third-order valence-electron chi connectivity index (χ3n) is 3.93. The molecule has 1 aromatic rings. The molecular formula is C15H22BrN3O. The van der Waals surface area contributed by atoms with Gasteiger partial charge in [-0.1, -0.05) is 28.1 Å². The topological polar surface area (TPSA) is 49.6 Å². The highest BCUT2D eigenvalue weighted by Gasteiger charge is 2.24. The number of amides is 1. The summed E-state index contributed by atoms with van der Waals surface area (Å²) in [5, 5.41) is 0. The molecule has 1 unspecified atom stereocenters. The molecule has 110 valence electrons. The maximum Gasteiger partial charge on any atom is 0.223 e. The van der Waals surface area contributed by atoms with Crippen molar-refractivity contribution in [2.24, 2.45) is 5.73 Å². The third kappa shape index (κ3) is 3.81. The molecule has 1 aliphatic heterocycles. The predicted molar refractivity (Wildman–Crippen MR) is 84.4 cm³/mol. The van der Waals surface area contributed by atoms with Crippen molar-refractivity contribution in [2.75, 3.05) is 32.7 Å². The molecule has 2 rings (SSSR count). The highest BCUT2D eigenvalue weighted by Crippen LogP contribution is 2.23. The Morgan fingerprint density at radius 3 is 2.40 bits per heavy atom. The number of carbonyl (C=O) groups is 1. The first-order valence-corrected chi connectivity index (χ1v) is 7.88. The number of nitrogens with zero attached hydrogens (tertiary/aromatic N) is 2. The Morgan fingerprint density at radius 2 is 1.85 bits per heavy atom. The van der Waals surface area contributed by atoms with Crippen molar-refractivity contribution in [3.8, 4) is 0 Å². The molecule has 5 heteroatoms. The van der Waals surface area contributed by atoms with Crippen LogP contribution in [0.1, 0.15) is 24.9 Å². The van der Waals surface area contributed by atoms with Crippen molar-refractivity contribution < 1.29 is 4.79 Å². The number of benzene rings is 1. The van der Waals surface area contributed by atoms with Gasteiger partial charge in [-0.3, -0.25) is 9.69 Å². The van der Waals surface area contributed by atoms with Crippen LogP contribution in [0.3, 0.4) is 0 Å². The standard InChI is InChI=1S/C15H22BrN3O/c1-12(13-2-4-14(16)5-3-13)18-8-10-19(11-9-18)15(20)6-7-17/h2-5,12H,6-11,17H2,1H3. The maximum atomic E-state index is 11.8. The second kappa shape index (κ2) is 7.20. The number of hydrogen-bond acceptors (Lipinski definition) is 3. The summed E-state index contributed by atoms with van der Waals surface area (Å²) in [7, 11) is 0. The molecule has 0 aromatic heterocycles. The van der Waals surface area contributed by atoms with Crippen molar-refractivity contribution in [2.45, 2.75) is 19.4 Å². The molecule has 0 spiro atoms. The van der Waals surface area contributed by atoms with E-state index in [0.717, 1.165) is 30.7 Å². The van der Waals surface area contributed by atoms with Gasteiger partial charge in [0.15, 0.2) is 0 Å². The molecule has 1 heterocycles. The zero-order chi connectivity index (χ0) is 14.5. The van der Waals surface area contributed by atoms with Crippen LogP contribution >= 0.6 is 15.9 Å². The summed E-state index contributed by atoms with van der Waals surface area (Å²) in [5.41, 5.74) is 6.75. The van der Waals surface area contributed by atoms with Gasteiger partial charge in [-0.2, -0.15) is 0 Å². The summed E-state index contributed by atoms with van der Waals surface area (Å²) in [5.74, 6) is 0.184. The highest BCUT2D eigenvalue weighted by molar-refractivity contribution is 9.10. The zero-order valence-electron chi connectivity index (χ0n) is 11.9. The summed E-state index contributed by atoms with van der Waals surface area (Å²) >= 11 is 3.46. The normalized spacial score (nSPS) is 18.1. The highest BCUT2D eigenvalue weighted by atomic mass is 79.9. The molecule has 1 fully saturated rings. The van der Waals surface area contributed by atoms with Crippen molar-refractivity contribution in [1.82, 2.24) is 9.80 Å². The van der Waals surface area contributed by atoms with Gasteiger partial charge in [0, 0.05) is 49.7 Å². The van der Waals surface area contributed by atoms with Gasteiger partial charge < -0.3 is 10.6 Å². The summed E-state index contributed by atoms with van der Waals surface area (Å²) in [6, 6.07) is 8.84. The number of nitrogens with two attached hydrogens (primary N) is 1. The van der Waals surface area contributed by atoms with E-state index in [1.807, 2.05) is 4.90 Å². The first kappa shape index (κ1) is 15.5. The van der Waals surface area contributed by atoms with Crippen molar-refractivity contribution >= 4 is 21.8 Å². The molecular weight excluding hydrogens is 318 g/mol. The van der Waals surface area contributed by atoms with Gasteiger partial charge >= 0.3 is 0 Å². The van der Waals surface area contributed by atoms with E-state index in [4.69, 9.17) is 5.73 Å². The van der Waals surface area contributed by atoms with Crippen LogP contribution < -0.4 is 5.73 Å². The number of carbonyl (C=O) groups excluding carboxylic acids is 1. The van der Waals surface area contributed by atoms with Crippen molar-refractivity contribution in [1.29, 1.82) is 0 Å². The fourth-order valence-electron chi connectivity index (χ4n) is 2.59. The van der Waals surface area contributed by atoms with E-state index >= 15 is 0 Å². The fourth-order valence-corrected chi connectivity index (χ4v) is 2.86. The van der Waals surface area contributed by atoms with Gasteiger partial charge in [-0.15, -0.1) is 0 Å². The van der Waals surface area contributed by atoms with Gasteiger partial charge in [-0.25, -0.2) is 0 Å². The van der Waals surface area contributed by atoms with Gasteiger partial charge in [-0.05, 0) is 24.6 Å².